The Morgan fingerprint density at radius 1 is 1.16 bits per heavy atom. The lowest BCUT2D eigenvalue weighted by atomic mass is 9.85. The molecule has 1 amide bonds. The summed E-state index contributed by atoms with van der Waals surface area (Å²) in [7, 11) is 0. The number of carbonyl (C=O) groups excluding carboxylic acids is 1. The standard InChI is InChI=1S/C18H14ClF2N3O/c19-13-6-7-14(20)15(16(13)21)11-3-1-2-9-4-5-10(8-12(9)11)17(25)24-18(22)23/h3-8H,1-2H2,(H4,22,23,24,25). The number of allylic oxidation sites excluding steroid dienone is 1. The van der Waals surface area contributed by atoms with Crippen LogP contribution in [-0.2, 0) is 6.42 Å². The van der Waals surface area contributed by atoms with Crippen LogP contribution in [0.1, 0.15) is 33.5 Å². The fourth-order valence-electron chi connectivity index (χ4n) is 2.85. The molecule has 7 heteroatoms. The highest BCUT2D eigenvalue weighted by Crippen LogP contribution is 2.36. The van der Waals surface area contributed by atoms with E-state index in [2.05, 4.69) is 4.99 Å². The van der Waals surface area contributed by atoms with Crippen molar-refractivity contribution in [2.75, 3.05) is 0 Å². The van der Waals surface area contributed by atoms with Crippen LogP contribution in [0.4, 0.5) is 8.78 Å². The first kappa shape index (κ1) is 17.1. The van der Waals surface area contributed by atoms with Gasteiger partial charge in [-0.3, -0.25) is 4.79 Å². The number of benzene rings is 2. The van der Waals surface area contributed by atoms with Crippen molar-refractivity contribution in [3.05, 3.63) is 75.3 Å². The highest BCUT2D eigenvalue weighted by Gasteiger charge is 2.23. The predicted molar refractivity (Wildman–Crippen MR) is 93.4 cm³/mol. The zero-order valence-corrected chi connectivity index (χ0v) is 13.8. The maximum atomic E-state index is 14.4. The molecular formula is C18H14ClF2N3O. The topological polar surface area (TPSA) is 81.5 Å². The van der Waals surface area contributed by atoms with E-state index >= 15 is 0 Å². The SMILES string of the molecule is NC(N)=NC(=O)c1ccc2c(c1)C(c1c(F)ccc(Cl)c1F)=CCC2. The van der Waals surface area contributed by atoms with Gasteiger partial charge in [-0.2, -0.15) is 4.99 Å². The van der Waals surface area contributed by atoms with E-state index in [1.54, 1.807) is 18.2 Å². The third kappa shape index (κ3) is 3.25. The molecule has 0 atom stereocenters. The maximum absolute atomic E-state index is 14.4. The van der Waals surface area contributed by atoms with Gasteiger partial charge in [0, 0.05) is 5.56 Å². The molecule has 0 saturated heterocycles. The van der Waals surface area contributed by atoms with E-state index in [1.165, 1.54) is 12.1 Å². The number of hydrogen-bond acceptors (Lipinski definition) is 1. The Kier molecular flexibility index (Phi) is 4.55. The van der Waals surface area contributed by atoms with Crippen LogP contribution in [0, 0.1) is 11.6 Å². The number of nitrogens with two attached hydrogens (primary N) is 2. The van der Waals surface area contributed by atoms with Crippen LogP contribution in [0.25, 0.3) is 5.57 Å². The smallest absolute Gasteiger partial charge is 0.280 e. The Labute approximate surface area is 147 Å². The summed E-state index contributed by atoms with van der Waals surface area (Å²) in [5.41, 5.74) is 12.3. The zero-order chi connectivity index (χ0) is 18.1. The van der Waals surface area contributed by atoms with Gasteiger partial charge in [0.2, 0.25) is 0 Å². The third-order valence-corrected chi connectivity index (χ3v) is 4.25. The number of fused-ring (bicyclic) bond motifs is 1. The Morgan fingerprint density at radius 3 is 2.64 bits per heavy atom. The number of amides is 1. The van der Waals surface area contributed by atoms with Gasteiger partial charge in [0.15, 0.2) is 11.8 Å². The predicted octanol–water partition coefficient (Wildman–Crippen LogP) is 3.41. The largest absolute Gasteiger partial charge is 0.370 e. The molecule has 1 aliphatic rings. The highest BCUT2D eigenvalue weighted by atomic mass is 35.5. The van der Waals surface area contributed by atoms with Crippen LogP contribution < -0.4 is 11.5 Å². The number of aryl methyl sites for hydroxylation is 1. The molecule has 0 spiro atoms. The van der Waals surface area contributed by atoms with Gasteiger partial charge in [-0.15, -0.1) is 0 Å². The molecule has 2 aromatic rings. The maximum Gasteiger partial charge on any atom is 0.280 e. The number of rotatable bonds is 2. The zero-order valence-electron chi connectivity index (χ0n) is 13.0. The molecule has 0 bridgehead atoms. The summed E-state index contributed by atoms with van der Waals surface area (Å²) < 4.78 is 28.7. The number of aliphatic imine (C=N–C) groups is 1. The number of guanidine groups is 1. The number of carbonyl (C=O) groups is 1. The fraction of sp³-hybridized carbons (Fsp3) is 0.111. The van der Waals surface area contributed by atoms with Gasteiger partial charge in [-0.25, -0.2) is 8.78 Å². The summed E-state index contributed by atoms with van der Waals surface area (Å²) >= 11 is 5.80. The van der Waals surface area contributed by atoms with Crippen molar-refractivity contribution in [3.63, 3.8) is 0 Å². The van der Waals surface area contributed by atoms with Crippen molar-refractivity contribution in [2.24, 2.45) is 16.5 Å². The van der Waals surface area contributed by atoms with Crippen LogP contribution in [0.5, 0.6) is 0 Å². The van der Waals surface area contributed by atoms with E-state index in [4.69, 9.17) is 23.1 Å². The molecule has 1 aliphatic carbocycles. The lowest BCUT2D eigenvalue weighted by Crippen LogP contribution is -2.24. The van der Waals surface area contributed by atoms with Crippen LogP contribution in [0.3, 0.4) is 0 Å². The summed E-state index contributed by atoms with van der Waals surface area (Å²) in [5, 5.41) is -0.169. The van der Waals surface area contributed by atoms with Gasteiger partial charge in [0.05, 0.1) is 10.6 Å². The van der Waals surface area contributed by atoms with E-state index < -0.39 is 17.5 Å². The minimum absolute atomic E-state index is 0.169. The summed E-state index contributed by atoms with van der Waals surface area (Å²) in [6, 6.07) is 7.14. The molecule has 0 radical (unpaired) electrons. The average Bonchev–Trinajstić information content (AvgIpc) is 2.57. The lowest BCUT2D eigenvalue weighted by Gasteiger charge is -2.20. The normalized spacial score (nSPS) is 13.0. The molecule has 0 unspecified atom stereocenters. The minimum atomic E-state index is -0.832. The molecule has 25 heavy (non-hydrogen) atoms. The lowest BCUT2D eigenvalue weighted by molar-refractivity contribution is 0.100. The van der Waals surface area contributed by atoms with Crippen molar-refractivity contribution >= 4 is 29.0 Å². The second-order valence-electron chi connectivity index (χ2n) is 5.59. The van der Waals surface area contributed by atoms with E-state index in [-0.39, 0.29) is 22.1 Å². The second-order valence-corrected chi connectivity index (χ2v) is 6.00. The molecule has 0 fully saturated rings. The first-order valence-electron chi connectivity index (χ1n) is 7.49. The molecule has 0 aliphatic heterocycles. The van der Waals surface area contributed by atoms with Crippen LogP contribution in [-0.4, -0.2) is 11.9 Å². The van der Waals surface area contributed by atoms with E-state index in [0.717, 1.165) is 11.6 Å². The van der Waals surface area contributed by atoms with Crippen molar-refractivity contribution < 1.29 is 13.6 Å². The Balaban J connectivity index is 2.16. The molecule has 128 valence electrons. The highest BCUT2D eigenvalue weighted by molar-refractivity contribution is 6.31. The summed E-state index contributed by atoms with van der Waals surface area (Å²) in [5.74, 6) is -2.53. The van der Waals surface area contributed by atoms with Gasteiger partial charge in [-0.05, 0) is 53.8 Å². The van der Waals surface area contributed by atoms with Gasteiger partial charge < -0.3 is 11.5 Å². The van der Waals surface area contributed by atoms with Gasteiger partial charge >= 0.3 is 0 Å². The second kappa shape index (κ2) is 6.64. The fourth-order valence-corrected chi connectivity index (χ4v) is 3.01. The quantitative estimate of drug-likeness (QED) is 0.488. The summed E-state index contributed by atoms with van der Waals surface area (Å²) in [6.07, 6.45) is 3.04. The number of hydrogen-bond donors (Lipinski definition) is 2. The average molecular weight is 362 g/mol. The molecule has 0 heterocycles. The van der Waals surface area contributed by atoms with E-state index in [9.17, 15) is 13.6 Å². The molecule has 4 nitrogen and oxygen atoms in total. The first-order valence-corrected chi connectivity index (χ1v) is 7.87. The molecule has 2 aromatic carbocycles. The van der Waals surface area contributed by atoms with E-state index in [0.29, 0.717) is 24.0 Å². The number of halogens is 3. The van der Waals surface area contributed by atoms with Gasteiger partial charge in [0.1, 0.15) is 5.82 Å². The Morgan fingerprint density at radius 2 is 1.92 bits per heavy atom. The monoisotopic (exact) mass is 361 g/mol. The molecule has 0 aromatic heterocycles. The Bertz CT molecular complexity index is 934. The molecule has 4 N–H and O–H groups in total. The molecule has 0 saturated carbocycles. The number of nitrogens with zero attached hydrogens (tertiary/aromatic N) is 1. The van der Waals surface area contributed by atoms with Crippen molar-refractivity contribution in [3.8, 4) is 0 Å². The van der Waals surface area contributed by atoms with Crippen molar-refractivity contribution in [1.82, 2.24) is 0 Å². The van der Waals surface area contributed by atoms with Crippen molar-refractivity contribution in [1.29, 1.82) is 0 Å². The molecule has 3 rings (SSSR count). The minimum Gasteiger partial charge on any atom is -0.370 e. The Hall–Kier alpha value is -2.73. The first-order chi connectivity index (χ1) is 11.9. The van der Waals surface area contributed by atoms with Gasteiger partial charge in [-0.1, -0.05) is 23.7 Å². The van der Waals surface area contributed by atoms with Gasteiger partial charge in [0.25, 0.3) is 5.91 Å². The summed E-state index contributed by atoms with van der Waals surface area (Å²) in [4.78, 5) is 15.5. The van der Waals surface area contributed by atoms with Crippen LogP contribution in [0.15, 0.2) is 41.4 Å². The van der Waals surface area contributed by atoms with Crippen LogP contribution >= 0.6 is 11.6 Å². The third-order valence-electron chi connectivity index (χ3n) is 3.95. The van der Waals surface area contributed by atoms with E-state index in [1.807, 2.05) is 0 Å². The van der Waals surface area contributed by atoms with Crippen molar-refractivity contribution in [2.45, 2.75) is 12.8 Å². The van der Waals surface area contributed by atoms with Crippen LogP contribution in [0.2, 0.25) is 5.02 Å². The molecular weight excluding hydrogens is 348 g/mol. The summed E-state index contributed by atoms with van der Waals surface area (Å²) in [6.45, 7) is 0.